The van der Waals surface area contributed by atoms with Gasteiger partial charge in [0, 0.05) is 13.8 Å². The summed E-state index contributed by atoms with van der Waals surface area (Å²) in [5, 5.41) is 0. The number of hydrogen-bond acceptors (Lipinski definition) is 20. The first kappa shape index (κ1) is 50.2. The van der Waals surface area contributed by atoms with Crippen molar-refractivity contribution in [3.8, 4) is 0 Å². The Hall–Kier alpha value is -8.42. The van der Waals surface area contributed by atoms with Crippen molar-refractivity contribution in [3.05, 3.63) is 142 Å². The molecule has 20 nitrogen and oxygen atoms in total. The van der Waals surface area contributed by atoms with E-state index < -0.39 is 59.7 Å². The van der Waals surface area contributed by atoms with Crippen molar-refractivity contribution in [3.63, 3.8) is 0 Å². The Kier molecular flexibility index (Phi) is 20.0. The second-order valence-electron chi connectivity index (χ2n) is 13.1. The van der Waals surface area contributed by atoms with Crippen LogP contribution in [0.2, 0.25) is 0 Å². The largest absolute Gasteiger partial charge is 0.462 e. The average Bonchev–Trinajstić information content (AvgIpc) is 3.32. The van der Waals surface area contributed by atoms with Gasteiger partial charge in [0.1, 0.15) is 66.1 Å². The molecule has 0 spiro atoms. The number of ether oxygens (including phenoxy) is 10. The molecule has 0 heterocycles. The summed E-state index contributed by atoms with van der Waals surface area (Å²) >= 11 is 0. The zero-order chi connectivity index (χ0) is 47.8. The van der Waals surface area contributed by atoms with E-state index in [1.165, 1.54) is 111 Å². The van der Waals surface area contributed by atoms with Crippen LogP contribution in [0.5, 0.6) is 0 Å². The van der Waals surface area contributed by atoms with E-state index in [-0.39, 0.29) is 111 Å². The molecule has 0 unspecified atom stereocenters. The third kappa shape index (κ3) is 17.0. The Morgan fingerprint density at radius 2 is 0.333 bits per heavy atom. The molecular formula is C46H42O20. The number of esters is 10. The molecule has 66 heavy (non-hydrogen) atoms. The van der Waals surface area contributed by atoms with Gasteiger partial charge in [-0.2, -0.15) is 0 Å². The van der Waals surface area contributed by atoms with E-state index >= 15 is 0 Å². The SMILES string of the molecule is CC(=O)OCCOC(=O)c1ccc(C(=O)OCCOC(=O)c2ccc(C(=O)OCCOC(=O)c3ccc(C(=O)OCCOC(=O)c4ccc(C(=O)OCCOC(C)=O)cc4)cc3)cc2)cc1. The molecule has 0 saturated heterocycles. The topological polar surface area (TPSA) is 263 Å². The van der Waals surface area contributed by atoms with Gasteiger partial charge in [0.05, 0.1) is 44.5 Å². The van der Waals surface area contributed by atoms with Gasteiger partial charge in [-0.3, -0.25) is 9.59 Å². The molecule has 0 fully saturated rings. The van der Waals surface area contributed by atoms with E-state index in [0.29, 0.717) is 0 Å². The van der Waals surface area contributed by atoms with Crippen molar-refractivity contribution in [1.29, 1.82) is 0 Å². The smallest absolute Gasteiger partial charge is 0.338 e. The lowest BCUT2D eigenvalue weighted by molar-refractivity contribution is -0.142. The van der Waals surface area contributed by atoms with Gasteiger partial charge < -0.3 is 47.4 Å². The maximum atomic E-state index is 12.5. The highest BCUT2D eigenvalue weighted by molar-refractivity contribution is 5.96. The standard InChI is InChI=1S/C46H42O20/c1-29(47)57-19-21-59-39(49)31-3-7-33(8-4-31)41(51)61-23-25-63-43(53)35-11-15-37(16-12-35)45(55)65-27-28-66-46(56)38-17-13-36(14-18-38)44(54)64-26-24-62-42(52)34-9-5-32(6-10-34)40(50)60-22-20-58-30(2)48/h3-18H,19-28H2,1-2H3. The molecule has 4 aromatic rings. The van der Waals surface area contributed by atoms with Gasteiger partial charge in [0.15, 0.2) is 0 Å². The number of rotatable bonds is 23. The van der Waals surface area contributed by atoms with E-state index in [0.717, 1.165) is 0 Å². The van der Waals surface area contributed by atoms with Crippen LogP contribution < -0.4 is 0 Å². The molecule has 4 aromatic carbocycles. The van der Waals surface area contributed by atoms with Crippen LogP contribution in [-0.4, -0.2) is 126 Å². The molecule has 4 rings (SSSR count). The summed E-state index contributed by atoms with van der Waals surface area (Å²) in [5.41, 5.74) is 0.974. The highest BCUT2D eigenvalue weighted by Crippen LogP contribution is 2.12. The molecular weight excluding hydrogens is 872 g/mol. The number of benzene rings is 4. The predicted octanol–water partition coefficient (Wildman–Crippen LogP) is 4.17. The minimum atomic E-state index is -0.760. The van der Waals surface area contributed by atoms with Crippen molar-refractivity contribution in [2.45, 2.75) is 13.8 Å². The summed E-state index contributed by atoms with van der Waals surface area (Å²) in [6, 6.07) is 21.4. The fourth-order valence-electron chi connectivity index (χ4n) is 5.08. The van der Waals surface area contributed by atoms with E-state index in [9.17, 15) is 47.9 Å². The molecule has 0 saturated carbocycles. The van der Waals surface area contributed by atoms with Crippen molar-refractivity contribution >= 4 is 59.7 Å². The lowest BCUT2D eigenvalue weighted by atomic mass is 10.1. The van der Waals surface area contributed by atoms with Crippen LogP contribution in [0.3, 0.4) is 0 Å². The van der Waals surface area contributed by atoms with Gasteiger partial charge in [-0.15, -0.1) is 0 Å². The maximum Gasteiger partial charge on any atom is 0.338 e. The first-order valence-electron chi connectivity index (χ1n) is 19.8. The van der Waals surface area contributed by atoms with Crippen LogP contribution in [0.4, 0.5) is 0 Å². The van der Waals surface area contributed by atoms with Gasteiger partial charge in [0.25, 0.3) is 0 Å². The Balaban J connectivity index is 1.07. The molecule has 0 atom stereocenters. The van der Waals surface area contributed by atoms with Crippen LogP contribution in [0.25, 0.3) is 0 Å². The second-order valence-corrected chi connectivity index (χ2v) is 13.1. The molecule has 0 aliphatic carbocycles. The molecule has 346 valence electrons. The van der Waals surface area contributed by atoms with E-state index in [4.69, 9.17) is 37.9 Å². The maximum absolute atomic E-state index is 12.5. The zero-order valence-corrected chi connectivity index (χ0v) is 35.5. The fourth-order valence-corrected chi connectivity index (χ4v) is 5.08. The molecule has 0 aromatic heterocycles. The zero-order valence-electron chi connectivity index (χ0n) is 35.5. The minimum Gasteiger partial charge on any atom is -0.462 e. The first-order valence-corrected chi connectivity index (χ1v) is 19.8. The van der Waals surface area contributed by atoms with Crippen LogP contribution in [-0.2, 0) is 57.0 Å². The monoisotopic (exact) mass is 914 g/mol. The lowest BCUT2D eigenvalue weighted by Gasteiger charge is -2.09. The van der Waals surface area contributed by atoms with E-state index in [1.54, 1.807) is 0 Å². The Morgan fingerprint density at radius 3 is 0.439 bits per heavy atom. The molecule has 20 heteroatoms. The highest BCUT2D eigenvalue weighted by atomic mass is 16.6. The summed E-state index contributed by atoms with van der Waals surface area (Å²) in [5.74, 6) is -6.84. The first-order chi connectivity index (χ1) is 31.7. The summed E-state index contributed by atoms with van der Waals surface area (Å²) in [4.78, 5) is 120. The molecule has 0 aliphatic rings. The molecule has 0 amide bonds. The number of hydrogen-bond donors (Lipinski definition) is 0. The Labute approximate surface area is 375 Å². The second kappa shape index (κ2) is 26.3. The minimum absolute atomic E-state index is 0.0875. The highest BCUT2D eigenvalue weighted by Gasteiger charge is 2.17. The van der Waals surface area contributed by atoms with E-state index in [1.807, 2.05) is 0 Å². The van der Waals surface area contributed by atoms with Gasteiger partial charge in [-0.1, -0.05) is 0 Å². The number of carbonyl (C=O) groups excluding carboxylic acids is 10. The van der Waals surface area contributed by atoms with Crippen LogP contribution in [0.15, 0.2) is 97.1 Å². The molecule has 0 radical (unpaired) electrons. The predicted molar refractivity (Wildman–Crippen MR) is 221 cm³/mol. The fraction of sp³-hybridized carbons (Fsp3) is 0.261. The van der Waals surface area contributed by atoms with Crippen molar-refractivity contribution in [2.75, 3.05) is 66.1 Å². The van der Waals surface area contributed by atoms with Gasteiger partial charge in [0.2, 0.25) is 0 Å². The third-order valence-electron chi connectivity index (χ3n) is 8.32. The molecule has 0 N–H and O–H groups in total. The average molecular weight is 915 g/mol. The Morgan fingerprint density at radius 1 is 0.227 bits per heavy atom. The van der Waals surface area contributed by atoms with Crippen LogP contribution >= 0.6 is 0 Å². The van der Waals surface area contributed by atoms with Crippen LogP contribution in [0.1, 0.15) is 96.7 Å². The third-order valence-corrected chi connectivity index (χ3v) is 8.32. The summed E-state index contributed by atoms with van der Waals surface area (Å²) in [6.07, 6.45) is 0. The summed E-state index contributed by atoms with van der Waals surface area (Å²) in [6.45, 7) is 0.345. The van der Waals surface area contributed by atoms with Crippen molar-refractivity contribution in [1.82, 2.24) is 0 Å². The Bertz CT molecular complexity index is 2180. The molecule has 0 aliphatic heterocycles. The number of carbonyl (C=O) groups is 10. The summed E-state index contributed by atoms with van der Waals surface area (Å²) < 4.78 is 50.0. The normalized spacial score (nSPS) is 10.3. The van der Waals surface area contributed by atoms with Gasteiger partial charge in [-0.05, 0) is 97.1 Å². The van der Waals surface area contributed by atoms with Gasteiger partial charge in [-0.25, -0.2) is 38.4 Å². The van der Waals surface area contributed by atoms with E-state index in [2.05, 4.69) is 9.47 Å². The van der Waals surface area contributed by atoms with Crippen LogP contribution in [0, 0.1) is 0 Å². The van der Waals surface area contributed by atoms with Gasteiger partial charge >= 0.3 is 59.7 Å². The van der Waals surface area contributed by atoms with Crippen molar-refractivity contribution < 1.29 is 95.3 Å². The van der Waals surface area contributed by atoms with Crippen molar-refractivity contribution in [2.24, 2.45) is 0 Å². The quantitative estimate of drug-likeness (QED) is 0.0574. The summed E-state index contributed by atoms with van der Waals surface area (Å²) in [7, 11) is 0. The lowest BCUT2D eigenvalue weighted by Crippen LogP contribution is -2.16. The molecule has 0 bridgehead atoms.